The minimum absolute atomic E-state index is 0. The molecule has 5 heteroatoms. The molecule has 0 spiro atoms. The third-order valence-corrected chi connectivity index (χ3v) is 2.51. The number of aromatic nitrogens is 4. The number of hydrogen-bond acceptors (Lipinski definition) is 4. The lowest BCUT2D eigenvalue weighted by Crippen LogP contribution is -1.90. The highest BCUT2D eigenvalue weighted by molar-refractivity contribution is 6.28. The molecule has 0 fully saturated rings. The van der Waals surface area contributed by atoms with Gasteiger partial charge in [-0.05, 0) is 56.0 Å². The van der Waals surface area contributed by atoms with E-state index in [0.717, 1.165) is 22.5 Å². The SMILES string of the molecule is C.C/C=C(\C)c1ncc(C)cn1.Cc1cnc(Cl)nc1. The van der Waals surface area contributed by atoms with Crippen LogP contribution in [-0.4, -0.2) is 19.9 Å². The Morgan fingerprint density at radius 2 is 1.35 bits per heavy atom. The fraction of sp³-hybridized carbons (Fsp3) is 0.333. The van der Waals surface area contributed by atoms with E-state index in [1.54, 1.807) is 12.4 Å². The van der Waals surface area contributed by atoms with Crippen molar-refractivity contribution in [2.75, 3.05) is 0 Å². The molecule has 2 heterocycles. The summed E-state index contributed by atoms with van der Waals surface area (Å²) >= 11 is 5.39. The highest BCUT2D eigenvalue weighted by Gasteiger charge is 1.95. The average molecular weight is 293 g/mol. The van der Waals surface area contributed by atoms with E-state index in [-0.39, 0.29) is 7.43 Å². The third-order valence-electron chi connectivity index (χ3n) is 2.32. The maximum absolute atomic E-state index is 5.39. The van der Waals surface area contributed by atoms with Crippen LogP contribution in [0.25, 0.3) is 5.57 Å². The summed E-state index contributed by atoms with van der Waals surface area (Å²) in [7, 11) is 0. The summed E-state index contributed by atoms with van der Waals surface area (Å²) < 4.78 is 0. The average Bonchev–Trinajstić information content (AvgIpc) is 2.43. The number of hydrogen-bond donors (Lipinski definition) is 0. The lowest BCUT2D eigenvalue weighted by atomic mass is 10.2. The molecule has 0 radical (unpaired) electrons. The van der Waals surface area contributed by atoms with Gasteiger partial charge >= 0.3 is 0 Å². The zero-order valence-electron chi connectivity index (χ0n) is 11.6. The molecule has 0 aliphatic rings. The van der Waals surface area contributed by atoms with Crippen LogP contribution in [0.3, 0.4) is 0 Å². The van der Waals surface area contributed by atoms with Gasteiger partial charge in [0.05, 0.1) is 0 Å². The Morgan fingerprint density at radius 3 is 1.70 bits per heavy atom. The van der Waals surface area contributed by atoms with Crippen molar-refractivity contribution < 1.29 is 0 Å². The molecule has 0 N–H and O–H groups in total. The largest absolute Gasteiger partial charge is 0.237 e. The Balaban J connectivity index is 0.000000359. The van der Waals surface area contributed by atoms with E-state index in [0.29, 0.717) is 5.28 Å². The summed E-state index contributed by atoms with van der Waals surface area (Å²) in [4.78, 5) is 15.8. The molecule has 0 aliphatic carbocycles. The van der Waals surface area contributed by atoms with Crippen molar-refractivity contribution in [1.29, 1.82) is 0 Å². The highest BCUT2D eigenvalue weighted by atomic mass is 35.5. The predicted octanol–water partition coefficient (Wildman–Crippen LogP) is 4.28. The second kappa shape index (κ2) is 9.15. The van der Waals surface area contributed by atoms with Gasteiger partial charge in [0.25, 0.3) is 0 Å². The highest BCUT2D eigenvalue weighted by Crippen LogP contribution is 2.06. The van der Waals surface area contributed by atoms with Crippen LogP contribution in [0, 0.1) is 13.8 Å². The Kier molecular flexibility index (Phi) is 8.32. The molecule has 0 aliphatic heterocycles. The summed E-state index contributed by atoms with van der Waals surface area (Å²) in [5.41, 5.74) is 3.23. The summed E-state index contributed by atoms with van der Waals surface area (Å²) in [5, 5.41) is 0.301. The summed E-state index contributed by atoms with van der Waals surface area (Å²) in [5.74, 6) is 0.818. The summed E-state index contributed by atoms with van der Waals surface area (Å²) in [6.45, 7) is 7.88. The van der Waals surface area contributed by atoms with Crippen molar-refractivity contribution in [3.05, 3.63) is 53.1 Å². The maximum atomic E-state index is 5.39. The van der Waals surface area contributed by atoms with Crippen molar-refractivity contribution in [2.24, 2.45) is 0 Å². The molecular formula is C15H21ClN4. The van der Waals surface area contributed by atoms with Gasteiger partial charge in [0.1, 0.15) is 0 Å². The fourth-order valence-corrected chi connectivity index (χ4v) is 1.20. The molecule has 20 heavy (non-hydrogen) atoms. The van der Waals surface area contributed by atoms with Crippen LogP contribution >= 0.6 is 11.6 Å². The van der Waals surface area contributed by atoms with Crippen molar-refractivity contribution in [3.8, 4) is 0 Å². The first-order chi connectivity index (χ1) is 9.02. The number of nitrogens with zero attached hydrogens (tertiary/aromatic N) is 4. The molecule has 0 atom stereocenters. The first-order valence-electron chi connectivity index (χ1n) is 5.89. The molecular weight excluding hydrogens is 272 g/mol. The first-order valence-corrected chi connectivity index (χ1v) is 6.26. The van der Waals surface area contributed by atoms with Gasteiger partial charge in [-0.3, -0.25) is 0 Å². The molecule has 0 saturated heterocycles. The number of aryl methyl sites for hydroxylation is 2. The molecule has 0 amide bonds. The summed E-state index contributed by atoms with van der Waals surface area (Å²) in [6, 6.07) is 0. The van der Waals surface area contributed by atoms with Crippen LogP contribution in [0.15, 0.2) is 30.9 Å². The van der Waals surface area contributed by atoms with Crippen molar-refractivity contribution in [2.45, 2.75) is 35.1 Å². The Bertz CT molecular complexity index is 512. The smallest absolute Gasteiger partial charge is 0.222 e. The van der Waals surface area contributed by atoms with E-state index in [1.165, 1.54) is 0 Å². The van der Waals surface area contributed by atoms with E-state index in [9.17, 15) is 0 Å². The van der Waals surface area contributed by atoms with Crippen LogP contribution in [0.1, 0.15) is 38.2 Å². The van der Waals surface area contributed by atoms with Gasteiger partial charge in [-0.25, -0.2) is 19.9 Å². The molecule has 0 aromatic carbocycles. The Morgan fingerprint density at radius 1 is 0.950 bits per heavy atom. The predicted molar refractivity (Wildman–Crippen MR) is 84.6 cm³/mol. The van der Waals surface area contributed by atoms with Crippen LogP contribution in [-0.2, 0) is 0 Å². The quantitative estimate of drug-likeness (QED) is 0.736. The van der Waals surface area contributed by atoms with Crippen LogP contribution in [0.4, 0.5) is 0 Å². The van der Waals surface area contributed by atoms with Gasteiger partial charge in [0, 0.05) is 24.8 Å². The minimum Gasteiger partial charge on any atom is -0.237 e. The van der Waals surface area contributed by atoms with Crippen LogP contribution in [0.2, 0.25) is 5.28 Å². The summed E-state index contributed by atoms with van der Waals surface area (Å²) in [6.07, 6.45) is 9.01. The number of allylic oxidation sites excluding steroid dienone is 2. The second-order valence-corrected chi connectivity index (χ2v) is 4.42. The molecule has 0 unspecified atom stereocenters. The van der Waals surface area contributed by atoms with Crippen molar-refractivity contribution in [3.63, 3.8) is 0 Å². The van der Waals surface area contributed by atoms with Gasteiger partial charge in [-0.15, -0.1) is 0 Å². The lowest BCUT2D eigenvalue weighted by Gasteiger charge is -1.97. The second-order valence-electron chi connectivity index (χ2n) is 4.09. The third kappa shape index (κ3) is 6.38. The molecule has 108 valence electrons. The number of rotatable bonds is 1. The van der Waals surface area contributed by atoms with E-state index in [1.807, 2.05) is 46.2 Å². The van der Waals surface area contributed by atoms with E-state index >= 15 is 0 Å². The van der Waals surface area contributed by atoms with Gasteiger partial charge in [-0.1, -0.05) is 13.5 Å². The maximum Gasteiger partial charge on any atom is 0.222 e. The van der Waals surface area contributed by atoms with Gasteiger partial charge in [0.2, 0.25) is 5.28 Å². The number of halogens is 1. The zero-order chi connectivity index (χ0) is 14.3. The molecule has 2 aromatic heterocycles. The van der Waals surface area contributed by atoms with Crippen LogP contribution < -0.4 is 0 Å². The van der Waals surface area contributed by atoms with Crippen molar-refractivity contribution in [1.82, 2.24) is 19.9 Å². The van der Waals surface area contributed by atoms with E-state index in [2.05, 4.69) is 19.9 Å². The minimum atomic E-state index is 0. The molecule has 0 bridgehead atoms. The zero-order valence-corrected chi connectivity index (χ0v) is 12.3. The normalized spacial score (nSPS) is 10.2. The molecule has 2 aromatic rings. The van der Waals surface area contributed by atoms with Crippen LogP contribution in [0.5, 0.6) is 0 Å². The Labute approximate surface area is 126 Å². The molecule has 0 saturated carbocycles. The standard InChI is InChI=1S/C9H12N2.C5H5ClN2.CH4/c1-4-8(3)9-10-5-7(2)6-11-9;1-4-2-7-5(6)8-3-4;/h4-6H,1-3H3;2-3H,1H3;1H4/b8-4+;;. The van der Waals surface area contributed by atoms with Gasteiger partial charge in [0.15, 0.2) is 5.82 Å². The topological polar surface area (TPSA) is 51.6 Å². The van der Waals surface area contributed by atoms with E-state index in [4.69, 9.17) is 11.6 Å². The van der Waals surface area contributed by atoms with Gasteiger partial charge < -0.3 is 0 Å². The fourth-order valence-electron chi connectivity index (χ4n) is 1.10. The molecule has 4 nitrogen and oxygen atoms in total. The monoisotopic (exact) mass is 292 g/mol. The molecule has 2 rings (SSSR count). The van der Waals surface area contributed by atoms with Crippen molar-refractivity contribution >= 4 is 17.2 Å². The van der Waals surface area contributed by atoms with Gasteiger partial charge in [-0.2, -0.15) is 0 Å². The Hall–Kier alpha value is -1.81. The van der Waals surface area contributed by atoms with E-state index < -0.39 is 0 Å². The lowest BCUT2D eigenvalue weighted by molar-refractivity contribution is 1.08. The first kappa shape index (κ1) is 18.2.